The van der Waals surface area contributed by atoms with Crippen LogP contribution in [0, 0.1) is 5.92 Å². The van der Waals surface area contributed by atoms with Crippen molar-refractivity contribution in [2.75, 3.05) is 5.75 Å². The number of nitrogens with one attached hydrogen (secondary N) is 1. The second-order valence-corrected chi connectivity index (χ2v) is 7.28. The maximum Gasteiger partial charge on any atom is 0.225 e. The van der Waals surface area contributed by atoms with E-state index in [0.717, 1.165) is 31.4 Å². The molecule has 0 bridgehead atoms. The lowest BCUT2D eigenvalue weighted by Gasteiger charge is -2.37. The summed E-state index contributed by atoms with van der Waals surface area (Å²) in [4.78, 5) is 13.9. The number of carbonyl (C=O) groups is 1. The molecule has 1 amide bonds. The average molecular weight is 327 g/mol. The van der Waals surface area contributed by atoms with Crippen LogP contribution >= 0.6 is 24.2 Å². The molecule has 1 aliphatic heterocycles. The summed E-state index contributed by atoms with van der Waals surface area (Å²) in [5.41, 5.74) is 7.22. The molecule has 3 atom stereocenters. The molecule has 1 fully saturated rings. The quantitative estimate of drug-likeness (QED) is 0.877. The second-order valence-electron chi connectivity index (χ2n) is 6.21. The van der Waals surface area contributed by atoms with Crippen molar-refractivity contribution in [2.45, 2.75) is 49.1 Å². The number of rotatable bonds is 2. The van der Waals surface area contributed by atoms with Crippen LogP contribution in [0.15, 0.2) is 29.2 Å². The van der Waals surface area contributed by atoms with E-state index >= 15 is 0 Å². The first-order valence-electron chi connectivity index (χ1n) is 7.39. The molecule has 3 unspecified atom stereocenters. The molecule has 0 radical (unpaired) electrons. The van der Waals surface area contributed by atoms with Crippen molar-refractivity contribution in [2.24, 2.45) is 11.7 Å². The average Bonchev–Trinajstić information content (AvgIpc) is 2.81. The van der Waals surface area contributed by atoms with Gasteiger partial charge in [0.25, 0.3) is 0 Å². The number of benzene rings is 1. The highest BCUT2D eigenvalue weighted by Gasteiger charge is 2.39. The van der Waals surface area contributed by atoms with Crippen LogP contribution in [0.4, 0.5) is 0 Å². The van der Waals surface area contributed by atoms with Gasteiger partial charge in [0.1, 0.15) is 0 Å². The molecule has 1 aromatic rings. The molecule has 0 spiro atoms. The Balaban J connectivity index is 0.00000161. The lowest BCUT2D eigenvalue weighted by molar-refractivity contribution is -0.128. The summed E-state index contributed by atoms with van der Waals surface area (Å²) in [5, 5.41) is 3.22. The SMILES string of the molecule is CC1(N)CCCCC1C(=O)NC1CSc2ccccc21.Cl. The van der Waals surface area contributed by atoms with Gasteiger partial charge in [0.05, 0.1) is 12.0 Å². The highest BCUT2D eigenvalue weighted by atomic mass is 35.5. The van der Waals surface area contributed by atoms with Crippen LogP contribution in [0.5, 0.6) is 0 Å². The Morgan fingerprint density at radius 3 is 2.90 bits per heavy atom. The standard InChI is InChI=1S/C16H22N2OS.ClH/c1-16(17)9-5-4-7-12(16)15(19)18-13-10-20-14-8-3-2-6-11(13)14;/h2-3,6,8,12-13H,4-5,7,9-10,17H2,1H3,(H,18,19);1H. The van der Waals surface area contributed by atoms with Crippen molar-refractivity contribution >= 4 is 30.1 Å². The van der Waals surface area contributed by atoms with E-state index in [4.69, 9.17) is 5.73 Å². The van der Waals surface area contributed by atoms with Gasteiger partial charge in [0, 0.05) is 16.2 Å². The van der Waals surface area contributed by atoms with Crippen molar-refractivity contribution in [3.8, 4) is 0 Å². The summed E-state index contributed by atoms with van der Waals surface area (Å²) in [6.07, 6.45) is 4.11. The first-order chi connectivity index (χ1) is 9.58. The summed E-state index contributed by atoms with van der Waals surface area (Å²) < 4.78 is 0. The van der Waals surface area contributed by atoms with Crippen molar-refractivity contribution in [3.63, 3.8) is 0 Å². The van der Waals surface area contributed by atoms with Crippen LogP contribution in [0.3, 0.4) is 0 Å². The maximum absolute atomic E-state index is 12.6. The van der Waals surface area contributed by atoms with Gasteiger partial charge in [-0.2, -0.15) is 0 Å². The minimum atomic E-state index is -0.354. The Hall–Kier alpha value is -0.710. The van der Waals surface area contributed by atoms with Crippen molar-refractivity contribution in [3.05, 3.63) is 29.8 Å². The Labute approximate surface area is 136 Å². The van der Waals surface area contributed by atoms with Gasteiger partial charge in [-0.15, -0.1) is 24.2 Å². The number of hydrogen-bond acceptors (Lipinski definition) is 3. The number of nitrogens with two attached hydrogens (primary N) is 1. The van der Waals surface area contributed by atoms with E-state index in [1.54, 1.807) is 0 Å². The molecule has 1 aromatic carbocycles. The number of halogens is 1. The Bertz CT molecular complexity index is 521. The third-order valence-electron chi connectivity index (χ3n) is 4.59. The van der Waals surface area contributed by atoms with Crippen LogP contribution < -0.4 is 11.1 Å². The zero-order valence-corrected chi connectivity index (χ0v) is 13.9. The molecular formula is C16H23ClN2OS. The van der Waals surface area contributed by atoms with Crippen LogP contribution in [0.1, 0.15) is 44.2 Å². The van der Waals surface area contributed by atoms with E-state index in [0.29, 0.717) is 0 Å². The summed E-state index contributed by atoms with van der Waals surface area (Å²) >= 11 is 1.82. The molecule has 1 saturated carbocycles. The molecule has 3 nitrogen and oxygen atoms in total. The molecule has 3 N–H and O–H groups in total. The normalized spacial score (nSPS) is 31.1. The highest BCUT2D eigenvalue weighted by Crippen LogP contribution is 2.39. The van der Waals surface area contributed by atoms with Crippen molar-refractivity contribution in [1.29, 1.82) is 0 Å². The Kier molecular flexibility index (Phi) is 5.23. The fraction of sp³-hybridized carbons (Fsp3) is 0.562. The third kappa shape index (κ3) is 3.38. The molecule has 0 saturated heterocycles. The molecule has 116 valence electrons. The summed E-state index contributed by atoms with van der Waals surface area (Å²) in [7, 11) is 0. The smallest absolute Gasteiger partial charge is 0.225 e. The Morgan fingerprint density at radius 1 is 1.38 bits per heavy atom. The number of hydrogen-bond donors (Lipinski definition) is 2. The minimum absolute atomic E-state index is 0. The lowest BCUT2D eigenvalue weighted by atomic mass is 9.74. The first kappa shape index (κ1) is 16.7. The van der Waals surface area contributed by atoms with Crippen LogP contribution in [0.2, 0.25) is 0 Å². The van der Waals surface area contributed by atoms with E-state index < -0.39 is 0 Å². The summed E-state index contributed by atoms with van der Waals surface area (Å²) in [6.45, 7) is 2.02. The van der Waals surface area contributed by atoms with E-state index in [-0.39, 0.29) is 35.8 Å². The number of amides is 1. The second kappa shape index (κ2) is 6.59. The van der Waals surface area contributed by atoms with Gasteiger partial charge in [-0.3, -0.25) is 4.79 Å². The first-order valence-corrected chi connectivity index (χ1v) is 8.37. The van der Waals surface area contributed by atoms with Gasteiger partial charge in [-0.25, -0.2) is 0 Å². The molecule has 2 aliphatic rings. The largest absolute Gasteiger partial charge is 0.348 e. The van der Waals surface area contributed by atoms with Crippen molar-refractivity contribution < 1.29 is 4.79 Å². The van der Waals surface area contributed by atoms with E-state index in [1.807, 2.05) is 30.8 Å². The maximum atomic E-state index is 12.6. The summed E-state index contributed by atoms with van der Waals surface area (Å²) in [6, 6.07) is 8.47. The number of carbonyl (C=O) groups excluding carboxylic acids is 1. The molecule has 0 aromatic heterocycles. The number of fused-ring (bicyclic) bond motifs is 1. The van der Waals surface area contributed by atoms with Gasteiger partial charge >= 0.3 is 0 Å². The molecule has 3 rings (SSSR count). The third-order valence-corrected chi connectivity index (χ3v) is 5.77. The van der Waals surface area contributed by atoms with E-state index in [9.17, 15) is 4.79 Å². The lowest BCUT2D eigenvalue weighted by Crippen LogP contribution is -2.53. The van der Waals surface area contributed by atoms with E-state index in [1.165, 1.54) is 10.5 Å². The highest BCUT2D eigenvalue weighted by molar-refractivity contribution is 7.99. The fourth-order valence-electron chi connectivity index (χ4n) is 3.34. The van der Waals surface area contributed by atoms with Gasteiger partial charge in [0.15, 0.2) is 0 Å². The fourth-order valence-corrected chi connectivity index (χ4v) is 4.50. The van der Waals surface area contributed by atoms with Crippen molar-refractivity contribution in [1.82, 2.24) is 5.32 Å². The van der Waals surface area contributed by atoms with Crippen LogP contribution in [0.25, 0.3) is 0 Å². The topological polar surface area (TPSA) is 55.1 Å². The Morgan fingerprint density at radius 2 is 2.14 bits per heavy atom. The van der Waals surface area contributed by atoms with E-state index in [2.05, 4.69) is 17.4 Å². The summed E-state index contributed by atoms with van der Waals surface area (Å²) in [5.74, 6) is 1.02. The number of thioether (sulfide) groups is 1. The van der Waals surface area contributed by atoms with Gasteiger partial charge < -0.3 is 11.1 Å². The zero-order valence-electron chi connectivity index (χ0n) is 12.3. The predicted molar refractivity (Wildman–Crippen MR) is 89.8 cm³/mol. The minimum Gasteiger partial charge on any atom is -0.348 e. The molecular weight excluding hydrogens is 304 g/mol. The molecule has 5 heteroatoms. The monoisotopic (exact) mass is 326 g/mol. The van der Waals surface area contributed by atoms with Gasteiger partial charge in [0.2, 0.25) is 5.91 Å². The van der Waals surface area contributed by atoms with Crippen LogP contribution in [-0.4, -0.2) is 17.2 Å². The van der Waals surface area contributed by atoms with Crippen LogP contribution in [-0.2, 0) is 4.79 Å². The van der Waals surface area contributed by atoms with Gasteiger partial charge in [-0.1, -0.05) is 31.0 Å². The predicted octanol–water partition coefficient (Wildman–Crippen LogP) is 3.28. The molecule has 1 heterocycles. The molecule has 1 aliphatic carbocycles. The van der Waals surface area contributed by atoms with Gasteiger partial charge in [-0.05, 0) is 31.4 Å². The molecule has 21 heavy (non-hydrogen) atoms. The zero-order chi connectivity index (χ0) is 14.2.